The molecule has 1 aliphatic rings. The highest BCUT2D eigenvalue weighted by atomic mass is 16.2. The van der Waals surface area contributed by atoms with Gasteiger partial charge in [-0.2, -0.15) is 5.10 Å². The van der Waals surface area contributed by atoms with Gasteiger partial charge in [0.15, 0.2) is 0 Å². The number of benzene rings is 2. The van der Waals surface area contributed by atoms with Crippen molar-refractivity contribution in [2.45, 2.75) is 39.5 Å². The minimum Gasteiger partial charge on any atom is -0.312 e. The maximum Gasteiger partial charge on any atom is 0.271 e. The lowest BCUT2D eigenvalue weighted by Crippen LogP contribution is -2.24. The Balaban J connectivity index is 1.61. The molecule has 3 rings (SSSR count). The van der Waals surface area contributed by atoms with E-state index >= 15 is 0 Å². The van der Waals surface area contributed by atoms with E-state index in [-0.39, 0.29) is 11.8 Å². The minimum absolute atomic E-state index is 0.0998. The molecule has 1 fully saturated rings. The van der Waals surface area contributed by atoms with E-state index in [0.29, 0.717) is 24.4 Å². The number of carbonyl (C=O) groups is 2. The molecule has 1 N–H and O–H groups in total. The van der Waals surface area contributed by atoms with E-state index in [9.17, 15) is 9.59 Å². The summed E-state index contributed by atoms with van der Waals surface area (Å²) in [6, 6.07) is 15.5. The number of allylic oxidation sites excluding steroid dienone is 1. The quantitative estimate of drug-likeness (QED) is 0.572. The summed E-state index contributed by atoms with van der Waals surface area (Å²) in [4.78, 5) is 26.0. The number of nitrogens with zero attached hydrogens (tertiary/aromatic N) is 2. The number of hydrogen-bond acceptors (Lipinski definition) is 3. The van der Waals surface area contributed by atoms with Gasteiger partial charge in [0.2, 0.25) is 5.91 Å². The lowest BCUT2D eigenvalue weighted by atomic mass is 10.0. The van der Waals surface area contributed by atoms with Crippen LogP contribution in [0.1, 0.15) is 61.0 Å². The zero-order valence-corrected chi connectivity index (χ0v) is 17.2. The van der Waals surface area contributed by atoms with E-state index in [1.54, 1.807) is 29.3 Å². The van der Waals surface area contributed by atoms with Crippen LogP contribution in [0.15, 0.2) is 59.2 Å². The van der Waals surface area contributed by atoms with E-state index in [4.69, 9.17) is 0 Å². The number of rotatable bonds is 6. The lowest BCUT2D eigenvalue weighted by Gasteiger charge is -2.16. The van der Waals surface area contributed by atoms with Gasteiger partial charge in [0, 0.05) is 24.2 Å². The molecule has 0 bridgehead atoms. The van der Waals surface area contributed by atoms with Crippen LogP contribution < -0.4 is 10.3 Å². The Bertz CT molecular complexity index is 943. The van der Waals surface area contributed by atoms with E-state index in [2.05, 4.69) is 48.6 Å². The molecule has 0 radical (unpaired) electrons. The van der Waals surface area contributed by atoms with Crippen LogP contribution >= 0.6 is 0 Å². The topological polar surface area (TPSA) is 61.8 Å². The Hall–Kier alpha value is -3.21. The maximum absolute atomic E-state index is 12.4. The number of anilines is 1. The summed E-state index contributed by atoms with van der Waals surface area (Å²) in [6.07, 6.45) is 5.05. The number of hydrazone groups is 1. The van der Waals surface area contributed by atoms with Crippen LogP contribution in [-0.4, -0.2) is 24.6 Å². The Morgan fingerprint density at radius 1 is 1.17 bits per heavy atom. The summed E-state index contributed by atoms with van der Waals surface area (Å²) in [5.41, 5.74) is 7.11. The van der Waals surface area contributed by atoms with E-state index in [1.165, 1.54) is 5.56 Å². The SMILES string of the molecule is CC(=C/c1ccc(C(C)C)cc1)/C=N/NC(=O)c1cccc(N2CCCC2=O)c1. The molecular weight excluding hydrogens is 362 g/mol. The van der Waals surface area contributed by atoms with Crippen molar-refractivity contribution in [1.29, 1.82) is 0 Å². The number of amides is 2. The van der Waals surface area contributed by atoms with Gasteiger partial charge in [-0.05, 0) is 54.2 Å². The molecule has 2 amide bonds. The maximum atomic E-state index is 12.4. The second-order valence-corrected chi connectivity index (χ2v) is 7.61. The summed E-state index contributed by atoms with van der Waals surface area (Å²) in [5.74, 6) is 0.305. The number of hydrogen-bond donors (Lipinski definition) is 1. The molecule has 0 unspecified atom stereocenters. The van der Waals surface area contributed by atoms with Crippen LogP contribution in [-0.2, 0) is 4.79 Å². The van der Waals surface area contributed by atoms with Crippen LogP contribution in [0.4, 0.5) is 5.69 Å². The monoisotopic (exact) mass is 389 g/mol. The number of nitrogens with one attached hydrogen (secondary N) is 1. The van der Waals surface area contributed by atoms with Crippen molar-refractivity contribution in [3.8, 4) is 0 Å². The van der Waals surface area contributed by atoms with Gasteiger partial charge in [-0.25, -0.2) is 5.43 Å². The standard InChI is InChI=1S/C24H27N3O2/c1-17(2)20-11-9-19(10-12-20)14-18(3)16-25-26-24(29)21-6-4-7-22(15-21)27-13-5-8-23(27)28/h4,6-7,9-12,14-17H,5,8,13H2,1-3H3,(H,26,29)/b18-14-,25-16+. The van der Waals surface area contributed by atoms with E-state index < -0.39 is 0 Å². The molecule has 0 atom stereocenters. The molecule has 0 saturated carbocycles. The number of carbonyl (C=O) groups excluding carboxylic acids is 2. The largest absolute Gasteiger partial charge is 0.312 e. The molecule has 2 aromatic carbocycles. The fourth-order valence-electron chi connectivity index (χ4n) is 3.27. The summed E-state index contributed by atoms with van der Waals surface area (Å²) in [5, 5.41) is 4.06. The first kappa shape index (κ1) is 20.5. The molecule has 150 valence electrons. The molecular formula is C24H27N3O2. The van der Waals surface area contributed by atoms with Crippen molar-refractivity contribution in [1.82, 2.24) is 5.43 Å². The van der Waals surface area contributed by atoms with Gasteiger partial charge in [-0.3, -0.25) is 9.59 Å². The zero-order chi connectivity index (χ0) is 20.8. The fraction of sp³-hybridized carbons (Fsp3) is 0.292. The first-order valence-electron chi connectivity index (χ1n) is 9.96. The summed E-state index contributed by atoms with van der Waals surface area (Å²) < 4.78 is 0. The first-order valence-corrected chi connectivity index (χ1v) is 9.96. The van der Waals surface area contributed by atoms with Crippen LogP contribution in [0.5, 0.6) is 0 Å². The predicted molar refractivity (Wildman–Crippen MR) is 118 cm³/mol. The second-order valence-electron chi connectivity index (χ2n) is 7.61. The van der Waals surface area contributed by atoms with Crippen molar-refractivity contribution >= 4 is 29.8 Å². The zero-order valence-electron chi connectivity index (χ0n) is 17.2. The van der Waals surface area contributed by atoms with Crippen LogP contribution in [0.2, 0.25) is 0 Å². The third-order valence-corrected chi connectivity index (χ3v) is 4.93. The highest BCUT2D eigenvalue weighted by Gasteiger charge is 2.22. The minimum atomic E-state index is -0.302. The highest BCUT2D eigenvalue weighted by molar-refractivity contribution is 5.99. The molecule has 1 heterocycles. The smallest absolute Gasteiger partial charge is 0.271 e. The average molecular weight is 389 g/mol. The van der Waals surface area contributed by atoms with Crippen molar-refractivity contribution in [3.63, 3.8) is 0 Å². The van der Waals surface area contributed by atoms with Gasteiger partial charge < -0.3 is 4.90 Å². The third-order valence-electron chi connectivity index (χ3n) is 4.93. The van der Waals surface area contributed by atoms with Gasteiger partial charge in [0.1, 0.15) is 0 Å². The van der Waals surface area contributed by atoms with Crippen molar-refractivity contribution in [3.05, 3.63) is 70.8 Å². The first-order chi connectivity index (χ1) is 13.9. The van der Waals surface area contributed by atoms with Gasteiger partial charge >= 0.3 is 0 Å². The highest BCUT2D eigenvalue weighted by Crippen LogP contribution is 2.22. The molecule has 5 heteroatoms. The molecule has 1 saturated heterocycles. The van der Waals surface area contributed by atoms with Crippen LogP contribution in [0, 0.1) is 0 Å². The van der Waals surface area contributed by atoms with E-state index in [0.717, 1.165) is 23.2 Å². The Morgan fingerprint density at radius 3 is 2.59 bits per heavy atom. The van der Waals surface area contributed by atoms with Gasteiger partial charge in [-0.1, -0.05) is 50.3 Å². The Kier molecular flexibility index (Phi) is 6.60. The van der Waals surface area contributed by atoms with Crippen molar-refractivity contribution < 1.29 is 9.59 Å². The molecule has 2 aromatic rings. The van der Waals surface area contributed by atoms with Crippen molar-refractivity contribution in [2.75, 3.05) is 11.4 Å². The van der Waals surface area contributed by atoms with Crippen molar-refractivity contribution in [2.24, 2.45) is 5.10 Å². The molecule has 0 spiro atoms. The lowest BCUT2D eigenvalue weighted by molar-refractivity contribution is -0.117. The van der Waals surface area contributed by atoms with E-state index in [1.807, 2.05) is 19.1 Å². The molecule has 0 aliphatic carbocycles. The molecule has 1 aliphatic heterocycles. The molecule has 29 heavy (non-hydrogen) atoms. The Morgan fingerprint density at radius 2 is 1.93 bits per heavy atom. The normalized spacial score (nSPS) is 14.8. The predicted octanol–water partition coefficient (Wildman–Crippen LogP) is 4.76. The third kappa shape index (κ3) is 5.41. The Labute approximate surface area is 172 Å². The second kappa shape index (κ2) is 9.32. The summed E-state index contributed by atoms with van der Waals surface area (Å²) in [6.45, 7) is 6.98. The molecule has 5 nitrogen and oxygen atoms in total. The van der Waals surface area contributed by atoms with Crippen LogP contribution in [0.25, 0.3) is 6.08 Å². The summed E-state index contributed by atoms with van der Waals surface area (Å²) in [7, 11) is 0. The van der Waals surface area contributed by atoms with Gasteiger partial charge in [0.25, 0.3) is 5.91 Å². The average Bonchev–Trinajstić information content (AvgIpc) is 3.14. The summed E-state index contributed by atoms with van der Waals surface area (Å²) >= 11 is 0. The fourth-order valence-corrected chi connectivity index (χ4v) is 3.27. The van der Waals surface area contributed by atoms with Gasteiger partial charge in [0.05, 0.1) is 6.21 Å². The van der Waals surface area contributed by atoms with Crippen LogP contribution in [0.3, 0.4) is 0 Å². The van der Waals surface area contributed by atoms with Gasteiger partial charge in [-0.15, -0.1) is 0 Å². The molecule has 0 aromatic heterocycles.